The van der Waals surface area contributed by atoms with Gasteiger partial charge in [0, 0.05) is 88.5 Å². The zero-order chi connectivity index (χ0) is 41.5. The van der Waals surface area contributed by atoms with Crippen molar-refractivity contribution < 1.29 is 38.8 Å². The number of halogens is 3. The Morgan fingerprint density at radius 1 is 0.877 bits per heavy atom. The van der Waals surface area contributed by atoms with E-state index in [0.717, 1.165) is 20.7 Å². The van der Waals surface area contributed by atoms with Crippen molar-refractivity contribution in [1.82, 2.24) is 40.2 Å². The van der Waals surface area contributed by atoms with Crippen LogP contribution in [0.1, 0.15) is 43.4 Å². The predicted octanol–water partition coefficient (Wildman–Crippen LogP) is 3.11. The third-order valence-corrected chi connectivity index (χ3v) is 11.2. The molecule has 0 atom stereocenters. The molecule has 16 nitrogen and oxygen atoms in total. The van der Waals surface area contributed by atoms with Gasteiger partial charge in [0.2, 0.25) is 17.7 Å². The third kappa shape index (κ3) is 11.0. The minimum absolute atomic E-state index is 0. The maximum Gasteiger partial charge on any atom is 0.388 e. The monoisotopic (exact) mass is 819 g/mol. The molecule has 1 spiro atoms. The minimum atomic E-state index is -2.98. The molecule has 1 aliphatic carbocycles. The quantitative estimate of drug-likeness (QED) is 0.225. The van der Waals surface area contributed by atoms with E-state index in [-0.39, 0.29) is 69.1 Å². The number of sulfone groups is 1. The van der Waals surface area contributed by atoms with Crippen LogP contribution >= 0.6 is 0 Å². The summed E-state index contributed by atoms with van der Waals surface area (Å²) >= 11 is 0. The first-order chi connectivity index (χ1) is 27.0. The number of rotatable bonds is 11. The van der Waals surface area contributed by atoms with E-state index in [2.05, 4.69) is 40.4 Å². The molecule has 4 aromatic rings. The van der Waals surface area contributed by atoms with Crippen LogP contribution in [0, 0.1) is 5.41 Å². The minimum Gasteiger partial charge on any atom is -0.417 e. The van der Waals surface area contributed by atoms with Gasteiger partial charge in [0.1, 0.15) is 24.6 Å². The van der Waals surface area contributed by atoms with E-state index in [1.165, 1.54) is 43.5 Å². The van der Waals surface area contributed by atoms with E-state index in [4.69, 9.17) is 0 Å². The van der Waals surface area contributed by atoms with Crippen molar-refractivity contribution in [1.29, 1.82) is 0 Å². The number of ether oxygens (including phenoxy) is 1. The highest BCUT2D eigenvalue weighted by molar-refractivity contribution is 7.92. The fourth-order valence-corrected chi connectivity index (χ4v) is 8.86. The van der Waals surface area contributed by atoms with E-state index in [9.17, 15) is 40.8 Å². The Kier molecular flexibility index (Phi) is 13.2. The summed E-state index contributed by atoms with van der Waals surface area (Å²) in [4.78, 5) is 57.9. The Hall–Kier alpha value is -5.66. The molecular weight excluding hydrogens is 772 g/mol. The Balaban J connectivity index is 0.000000293. The van der Waals surface area contributed by atoms with Crippen LogP contribution in [-0.4, -0.2) is 99.2 Å². The molecule has 310 valence electrons. The molecule has 57 heavy (non-hydrogen) atoms. The van der Waals surface area contributed by atoms with E-state index in [1.807, 2.05) is 32.9 Å². The molecule has 0 bridgehead atoms. The molecule has 0 aromatic carbocycles. The molecular formula is C37H48F3N9O7S. The average Bonchev–Trinajstić information content (AvgIpc) is 3.12. The zero-order valence-electron chi connectivity index (χ0n) is 31.8. The van der Waals surface area contributed by atoms with Crippen molar-refractivity contribution in [3.63, 3.8) is 0 Å². The number of carbonyl (C=O) groups excluding carboxylic acids is 2. The van der Waals surface area contributed by atoms with Gasteiger partial charge in [0.15, 0.2) is 9.84 Å². The molecule has 2 aliphatic heterocycles. The van der Waals surface area contributed by atoms with Crippen LogP contribution in [0.25, 0.3) is 22.5 Å². The number of hydrogen-bond acceptors (Lipinski definition) is 12. The molecule has 2 N–H and O–H groups in total. The number of likely N-dealkylation sites (N-methyl/N-ethyl adjacent to an activating group) is 1. The highest BCUT2D eigenvalue weighted by Gasteiger charge is 2.56. The highest BCUT2D eigenvalue weighted by Crippen LogP contribution is 2.43. The van der Waals surface area contributed by atoms with Crippen LogP contribution < -0.4 is 31.4 Å². The predicted molar refractivity (Wildman–Crippen MR) is 208 cm³/mol. The van der Waals surface area contributed by atoms with Gasteiger partial charge in [-0.05, 0) is 44.2 Å². The number of alkyl halides is 3. The fraction of sp³-hybridized carbons (Fsp3) is 0.459. The number of amides is 2. The van der Waals surface area contributed by atoms with Crippen LogP contribution in [0.3, 0.4) is 0 Å². The van der Waals surface area contributed by atoms with Gasteiger partial charge in [-0.3, -0.25) is 19.2 Å². The second-order valence-electron chi connectivity index (χ2n) is 14.0. The van der Waals surface area contributed by atoms with Gasteiger partial charge >= 0.3 is 6.61 Å². The van der Waals surface area contributed by atoms with Gasteiger partial charge in [-0.25, -0.2) is 32.1 Å². The van der Waals surface area contributed by atoms with Crippen LogP contribution in [0.5, 0.6) is 5.88 Å². The summed E-state index contributed by atoms with van der Waals surface area (Å²) < 4.78 is 66.8. The topological polar surface area (TPSA) is 200 Å². The van der Waals surface area contributed by atoms with Crippen molar-refractivity contribution in [3.05, 3.63) is 81.6 Å². The zero-order valence-corrected chi connectivity index (χ0v) is 32.6. The number of anilines is 1. The fourth-order valence-electron chi connectivity index (χ4n) is 6.72. The average molecular weight is 820 g/mol. The van der Waals surface area contributed by atoms with Gasteiger partial charge in [-0.1, -0.05) is 13.8 Å². The maximum atomic E-state index is 13.5. The number of pyridine rings is 2. The lowest BCUT2D eigenvalue weighted by Gasteiger charge is -2.55. The molecule has 20 heteroatoms. The Labute approximate surface area is 329 Å². The highest BCUT2D eigenvalue weighted by atomic mass is 32.2. The van der Waals surface area contributed by atoms with Crippen molar-refractivity contribution >= 4 is 27.5 Å². The number of carbonyl (C=O) groups is 2. The molecule has 1 saturated carbocycles. The number of hydrogen-bond donors (Lipinski definition) is 2. The van der Waals surface area contributed by atoms with E-state index in [0.29, 0.717) is 36.6 Å². The first kappa shape index (κ1) is 42.5. The van der Waals surface area contributed by atoms with Crippen molar-refractivity contribution in [2.75, 3.05) is 36.0 Å². The molecule has 2 amide bonds. The second-order valence-corrected chi connectivity index (χ2v) is 16.1. The molecule has 3 aliphatic rings. The first-order valence-electron chi connectivity index (χ1n) is 18.3. The molecule has 0 unspecified atom stereocenters. The third-order valence-electron chi connectivity index (χ3n) is 9.12. The summed E-state index contributed by atoms with van der Waals surface area (Å²) in [5, 5.41) is 13.6. The van der Waals surface area contributed by atoms with Gasteiger partial charge < -0.3 is 20.3 Å². The SMILES string of the molecule is CC.CC1(F)CC(NC(=O)Cn2nc(-c3ccc(OC(F)F)nc3)ccc2=O)C1.CCNC(=O)Cn1nc(-c2ccc(N3CC4(C3)CS(=O)(=O)C4)nc2)ccc1=O.[HH].[HH]. The second kappa shape index (κ2) is 17.6. The molecule has 4 aromatic heterocycles. The molecule has 6 heterocycles. The number of nitrogens with one attached hydrogen (secondary N) is 2. The normalized spacial score (nSPS) is 19.6. The van der Waals surface area contributed by atoms with E-state index in [1.54, 1.807) is 12.3 Å². The Morgan fingerprint density at radius 2 is 1.42 bits per heavy atom. The van der Waals surface area contributed by atoms with Crippen molar-refractivity contribution in [2.24, 2.45) is 5.41 Å². The van der Waals surface area contributed by atoms with E-state index < -0.39 is 33.6 Å². The van der Waals surface area contributed by atoms with Crippen LogP contribution in [0.4, 0.5) is 19.0 Å². The number of nitrogens with zero attached hydrogens (tertiary/aromatic N) is 7. The summed E-state index contributed by atoms with van der Waals surface area (Å²) in [6.45, 7) is 5.74. The lowest BCUT2D eigenvalue weighted by atomic mass is 9.79. The van der Waals surface area contributed by atoms with Crippen molar-refractivity contribution in [3.8, 4) is 28.4 Å². The first-order valence-corrected chi connectivity index (χ1v) is 20.1. The van der Waals surface area contributed by atoms with Crippen LogP contribution in [0.2, 0.25) is 0 Å². The van der Waals surface area contributed by atoms with Gasteiger partial charge in [-0.15, -0.1) is 0 Å². The molecule has 3 fully saturated rings. The van der Waals surface area contributed by atoms with Gasteiger partial charge in [0.25, 0.3) is 11.1 Å². The van der Waals surface area contributed by atoms with Crippen LogP contribution in [-0.2, 0) is 32.5 Å². The van der Waals surface area contributed by atoms with Gasteiger partial charge in [0.05, 0.1) is 22.9 Å². The summed E-state index contributed by atoms with van der Waals surface area (Å²) in [5.74, 6) is 0.363. The van der Waals surface area contributed by atoms with Crippen molar-refractivity contribution in [2.45, 2.75) is 71.9 Å². The largest absolute Gasteiger partial charge is 0.417 e. The molecule has 0 radical (unpaired) electrons. The molecule has 7 rings (SSSR count). The Morgan fingerprint density at radius 3 is 1.88 bits per heavy atom. The van der Waals surface area contributed by atoms with Gasteiger partial charge in [-0.2, -0.15) is 19.0 Å². The maximum absolute atomic E-state index is 13.5. The Bertz CT molecular complexity index is 2270. The lowest BCUT2D eigenvalue weighted by molar-refractivity contribution is -0.124. The summed E-state index contributed by atoms with van der Waals surface area (Å²) in [6.07, 6.45) is 3.41. The molecule has 2 saturated heterocycles. The van der Waals surface area contributed by atoms with Crippen LogP contribution in [0.15, 0.2) is 70.5 Å². The number of aromatic nitrogens is 6. The lowest BCUT2D eigenvalue weighted by Crippen LogP contribution is -2.68. The standard InChI is InChI=1S/C18H21N5O4S.C17H17F3N4O3.C2H6.2H2/c1-2-19-16(24)8-23-17(25)6-4-14(21-23)13-3-5-15(20-7-13)22-9-18(10-22)11-28(26,27)12-18;1-17(20)6-11(7-17)22-13(25)9-24-15(26)5-3-12(23-24)10-2-4-14(21-8-10)27-16(18)19;1-2;;/h3-7H,2,8-12H2,1H3,(H,19,24);2-5,8,11,16H,6-7,9H2,1H3,(H,22,25);1-2H3;2*1H. The smallest absolute Gasteiger partial charge is 0.388 e. The summed E-state index contributed by atoms with van der Waals surface area (Å²) in [7, 11) is -2.83. The van der Waals surface area contributed by atoms with E-state index >= 15 is 0 Å². The summed E-state index contributed by atoms with van der Waals surface area (Å²) in [6, 6.07) is 11.8. The summed E-state index contributed by atoms with van der Waals surface area (Å²) in [5.41, 5.74) is -0.112.